The fourth-order valence-corrected chi connectivity index (χ4v) is 4.98. The number of aromatic nitrogens is 2. The monoisotopic (exact) mass is 450 g/mol. The third-order valence-electron chi connectivity index (χ3n) is 6.29. The highest BCUT2D eigenvalue weighted by atomic mass is 32.2. The minimum Gasteiger partial charge on any atom is -0.760 e. The van der Waals surface area contributed by atoms with Gasteiger partial charge in [-0.1, -0.05) is 31.0 Å². The molecule has 1 fully saturated rings. The van der Waals surface area contributed by atoms with Crippen molar-refractivity contribution in [3.05, 3.63) is 64.4 Å². The van der Waals surface area contributed by atoms with Crippen molar-refractivity contribution in [3.63, 3.8) is 0 Å². The Morgan fingerprint density at radius 2 is 1.94 bits per heavy atom. The number of nitrogens with zero attached hydrogens (tertiary/aromatic N) is 2. The molecule has 7 nitrogen and oxygen atoms in total. The van der Waals surface area contributed by atoms with Gasteiger partial charge in [-0.25, -0.2) is 9.71 Å². The first-order chi connectivity index (χ1) is 15.5. The molecule has 0 amide bonds. The van der Waals surface area contributed by atoms with Gasteiger partial charge in [0.05, 0.1) is 0 Å². The highest BCUT2D eigenvalue weighted by Crippen LogP contribution is 2.39. The van der Waals surface area contributed by atoms with Crippen molar-refractivity contribution in [3.8, 4) is 11.1 Å². The third kappa shape index (κ3) is 3.90. The summed E-state index contributed by atoms with van der Waals surface area (Å²) >= 11 is -2.30. The quantitative estimate of drug-likeness (QED) is 0.449. The second-order valence-corrected chi connectivity index (χ2v) is 9.17. The van der Waals surface area contributed by atoms with Crippen molar-refractivity contribution < 1.29 is 13.2 Å². The van der Waals surface area contributed by atoms with Gasteiger partial charge in [0.1, 0.15) is 5.52 Å². The summed E-state index contributed by atoms with van der Waals surface area (Å²) in [5, 5.41) is 1.50. The Bertz CT molecular complexity index is 1390. The molecule has 1 unspecified atom stereocenters. The number of nitrogens with one attached hydrogen (secondary N) is 1. The molecule has 1 aliphatic carbocycles. The molecule has 4 aromatic rings. The molecule has 0 radical (unpaired) electrons. The molecular weight excluding hydrogens is 426 g/mol. The van der Waals surface area contributed by atoms with Crippen LogP contribution in [0.15, 0.2) is 51.8 Å². The number of pyridine rings is 1. The molecule has 32 heavy (non-hydrogen) atoms. The molecule has 2 aromatic heterocycles. The van der Waals surface area contributed by atoms with Crippen LogP contribution in [0.3, 0.4) is 0 Å². The predicted molar refractivity (Wildman–Crippen MR) is 124 cm³/mol. The van der Waals surface area contributed by atoms with Gasteiger partial charge in [-0.05, 0) is 48.4 Å². The van der Waals surface area contributed by atoms with Crippen molar-refractivity contribution in [2.45, 2.75) is 38.0 Å². The SMILES string of the molecule is Cn1cc(-c2cc(CCNS(=O)[O-])cc3nc(C4CCCC4)oc23)c2ccccc2c1=O. The number of aryl methyl sites for hydroxylation is 1. The zero-order valence-corrected chi connectivity index (χ0v) is 18.6. The van der Waals surface area contributed by atoms with Crippen LogP contribution in [0, 0.1) is 0 Å². The summed E-state index contributed by atoms with van der Waals surface area (Å²) in [5.74, 6) is 1.10. The number of rotatable bonds is 6. The van der Waals surface area contributed by atoms with Gasteiger partial charge in [-0.2, -0.15) is 0 Å². The molecule has 1 aliphatic rings. The number of hydrogen-bond donors (Lipinski definition) is 1. The zero-order valence-electron chi connectivity index (χ0n) is 17.8. The highest BCUT2D eigenvalue weighted by Gasteiger charge is 2.24. The number of fused-ring (bicyclic) bond motifs is 2. The molecule has 5 rings (SSSR count). The molecular formula is C24H24N3O4S-. The molecule has 2 aromatic carbocycles. The second kappa shape index (κ2) is 8.61. The fourth-order valence-electron chi connectivity index (χ4n) is 4.71. The van der Waals surface area contributed by atoms with Gasteiger partial charge in [0, 0.05) is 53.5 Å². The molecule has 1 saturated carbocycles. The van der Waals surface area contributed by atoms with Gasteiger partial charge in [-0.3, -0.25) is 9.00 Å². The summed E-state index contributed by atoms with van der Waals surface area (Å²) in [7, 11) is 1.75. The van der Waals surface area contributed by atoms with Crippen molar-refractivity contribution in [2.75, 3.05) is 6.54 Å². The molecule has 1 N–H and O–H groups in total. The summed E-state index contributed by atoms with van der Waals surface area (Å²) in [6, 6.07) is 11.6. The Morgan fingerprint density at radius 1 is 1.19 bits per heavy atom. The number of hydrogen-bond acceptors (Lipinski definition) is 5. The Kier molecular flexibility index (Phi) is 5.67. The van der Waals surface area contributed by atoms with E-state index in [1.54, 1.807) is 11.6 Å². The minimum absolute atomic E-state index is 0.0527. The lowest BCUT2D eigenvalue weighted by Gasteiger charge is -2.12. The standard InChI is InChI=1S/C24H25N3O4S/c1-27-14-20(17-8-4-5-9-18(17)24(27)28)19-12-15(10-11-25-32(29)30)13-21-22(19)31-23(26-21)16-6-2-3-7-16/h4-5,8-9,12-14,16,25H,2-3,6-7,10-11H2,1H3,(H,29,30)/p-1. The van der Waals surface area contributed by atoms with Gasteiger partial charge >= 0.3 is 0 Å². The summed E-state index contributed by atoms with van der Waals surface area (Å²) in [6.07, 6.45) is 6.89. The van der Waals surface area contributed by atoms with Crippen LogP contribution in [0.4, 0.5) is 0 Å². The van der Waals surface area contributed by atoms with E-state index in [4.69, 9.17) is 9.40 Å². The highest BCUT2D eigenvalue weighted by molar-refractivity contribution is 7.77. The lowest BCUT2D eigenvalue weighted by molar-refractivity contribution is 0.474. The van der Waals surface area contributed by atoms with Crippen LogP contribution in [0.2, 0.25) is 0 Å². The number of benzene rings is 2. The zero-order chi connectivity index (χ0) is 22.2. The second-order valence-electron chi connectivity index (χ2n) is 8.41. The lowest BCUT2D eigenvalue weighted by atomic mass is 9.97. The molecule has 166 valence electrons. The van der Waals surface area contributed by atoms with Crippen molar-refractivity contribution in [2.24, 2.45) is 7.05 Å². The first kappa shape index (κ1) is 21.1. The van der Waals surface area contributed by atoms with E-state index in [0.29, 0.717) is 29.9 Å². The van der Waals surface area contributed by atoms with E-state index in [-0.39, 0.29) is 5.56 Å². The largest absolute Gasteiger partial charge is 0.760 e. The maximum absolute atomic E-state index is 12.7. The van der Waals surface area contributed by atoms with Crippen LogP contribution >= 0.6 is 0 Å². The molecule has 2 heterocycles. The Labute approximate surface area is 187 Å². The van der Waals surface area contributed by atoms with Crippen LogP contribution in [-0.4, -0.2) is 24.9 Å². The van der Waals surface area contributed by atoms with E-state index in [1.807, 2.05) is 42.6 Å². The van der Waals surface area contributed by atoms with E-state index in [9.17, 15) is 13.6 Å². The van der Waals surface area contributed by atoms with Gasteiger partial charge < -0.3 is 13.5 Å². The average Bonchev–Trinajstić information content (AvgIpc) is 3.45. The Hall–Kier alpha value is -2.81. The van der Waals surface area contributed by atoms with Crippen LogP contribution in [0.5, 0.6) is 0 Å². The molecule has 8 heteroatoms. The maximum Gasteiger partial charge on any atom is 0.258 e. The summed E-state index contributed by atoms with van der Waals surface area (Å²) in [5.41, 5.74) is 4.13. The number of oxazole rings is 1. The first-order valence-electron chi connectivity index (χ1n) is 10.9. The van der Waals surface area contributed by atoms with E-state index >= 15 is 0 Å². The molecule has 0 aliphatic heterocycles. The van der Waals surface area contributed by atoms with Crippen LogP contribution in [0.25, 0.3) is 33.0 Å². The molecule has 0 saturated heterocycles. The molecule has 0 spiro atoms. The van der Waals surface area contributed by atoms with Crippen molar-refractivity contribution >= 4 is 33.1 Å². The average molecular weight is 451 g/mol. The van der Waals surface area contributed by atoms with Crippen molar-refractivity contribution in [1.82, 2.24) is 14.3 Å². The Morgan fingerprint density at radius 3 is 2.69 bits per heavy atom. The van der Waals surface area contributed by atoms with Gasteiger partial charge in [0.15, 0.2) is 11.5 Å². The Balaban J connectivity index is 1.71. The van der Waals surface area contributed by atoms with E-state index < -0.39 is 11.3 Å². The van der Waals surface area contributed by atoms with Crippen LogP contribution < -0.4 is 10.3 Å². The van der Waals surface area contributed by atoms with Gasteiger partial charge in [-0.15, -0.1) is 0 Å². The van der Waals surface area contributed by atoms with Gasteiger partial charge in [0.25, 0.3) is 5.56 Å². The summed E-state index contributed by atoms with van der Waals surface area (Å²) in [6.45, 7) is 0.294. The topological polar surface area (TPSA) is 100 Å². The first-order valence-corrected chi connectivity index (χ1v) is 11.9. The van der Waals surface area contributed by atoms with Gasteiger partial charge in [0.2, 0.25) is 0 Å². The maximum atomic E-state index is 12.7. The summed E-state index contributed by atoms with van der Waals surface area (Å²) < 4.78 is 32.1. The van der Waals surface area contributed by atoms with E-state index in [1.165, 1.54) is 12.8 Å². The summed E-state index contributed by atoms with van der Waals surface area (Å²) in [4.78, 5) is 17.5. The third-order valence-corrected chi connectivity index (χ3v) is 6.73. The van der Waals surface area contributed by atoms with Crippen LogP contribution in [-0.2, 0) is 24.7 Å². The van der Waals surface area contributed by atoms with Crippen LogP contribution in [0.1, 0.15) is 43.1 Å². The smallest absolute Gasteiger partial charge is 0.258 e. The van der Waals surface area contributed by atoms with Crippen molar-refractivity contribution in [1.29, 1.82) is 0 Å². The van der Waals surface area contributed by atoms with E-state index in [2.05, 4.69) is 4.72 Å². The molecule has 1 atom stereocenters. The predicted octanol–water partition coefficient (Wildman–Crippen LogP) is 3.93. The minimum atomic E-state index is -2.30. The fraction of sp³-hybridized carbons (Fsp3) is 0.333. The lowest BCUT2D eigenvalue weighted by Crippen LogP contribution is -2.19. The van der Waals surface area contributed by atoms with E-state index in [0.717, 1.165) is 46.3 Å². The normalized spacial score (nSPS) is 15.7. The molecule has 0 bridgehead atoms.